The Balaban J connectivity index is 4.35. The molecule has 0 fully saturated rings. The van der Waals surface area contributed by atoms with Gasteiger partial charge in [0, 0.05) is 6.42 Å². The van der Waals surface area contributed by atoms with Crippen molar-refractivity contribution in [1.82, 2.24) is 0 Å². The van der Waals surface area contributed by atoms with Gasteiger partial charge in [-0.05, 0) is 13.8 Å². The van der Waals surface area contributed by atoms with Crippen molar-refractivity contribution in [2.75, 3.05) is 0 Å². The Morgan fingerprint density at radius 3 is 1.83 bits per heavy atom. The Labute approximate surface area is 69.0 Å². The number of hydrogen-bond donors (Lipinski definition) is 2. The first-order chi connectivity index (χ1) is 5.27. The van der Waals surface area contributed by atoms with E-state index < -0.39 is 29.6 Å². The Morgan fingerprint density at radius 1 is 1.17 bits per heavy atom. The van der Waals surface area contributed by atoms with E-state index in [9.17, 15) is 14.4 Å². The number of hydrogen-bond acceptors (Lipinski definition) is 3. The van der Waals surface area contributed by atoms with E-state index in [0.29, 0.717) is 0 Å². The zero-order valence-electron chi connectivity index (χ0n) is 6.83. The summed E-state index contributed by atoms with van der Waals surface area (Å²) in [4.78, 5) is 31.1. The molecule has 0 saturated heterocycles. The molecule has 5 heteroatoms. The minimum atomic E-state index is -1.59. The van der Waals surface area contributed by atoms with Gasteiger partial charge in [0.15, 0.2) is 0 Å². The highest BCUT2D eigenvalue weighted by molar-refractivity contribution is 6.33. The topological polar surface area (TPSA) is 91.7 Å². The molecule has 0 aliphatic rings. The molecule has 0 aromatic rings. The first-order valence-electron chi connectivity index (χ1n) is 3.27. The van der Waals surface area contributed by atoms with E-state index in [1.807, 2.05) is 0 Å². The minimum Gasteiger partial charge on any atom is -0.481 e. The van der Waals surface area contributed by atoms with Gasteiger partial charge in [-0.3, -0.25) is 9.59 Å². The maximum Gasteiger partial charge on any atom is 0.372 e. The molecule has 0 atom stereocenters. The van der Waals surface area contributed by atoms with Crippen molar-refractivity contribution >= 4 is 17.7 Å². The van der Waals surface area contributed by atoms with Crippen LogP contribution in [-0.2, 0) is 14.4 Å². The van der Waals surface area contributed by atoms with Gasteiger partial charge >= 0.3 is 11.9 Å². The molecule has 0 amide bonds. The highest BCUT2D eigenvalue weighted by atomic mass is 16.4. The molecule has 12 heavy (non-hydrogen) atoms. The zero-order chi connectivity index (χ0) is 9.94. The van der Waals surface area contributed by atoms with E-state index in [1.54, 1.807) is 0 Å². The third-order valence-corrected chi connectivity index (χ3v) is 1.42. The van der Waals surface area contributed by atoms with Crippen LogP contribution in [0.3, 0.4) is 0 Å². The van der Waals surface area contributed by atoms with E-state index >= 15 is 0 Å². The largest absolute Gasteiger partial charge is 0.481 e. The number of rotatable bonds is 4. The molecule has 0 aromatic carbocycles. The summed E-state index contributed by atoms with van der Waals surface area (Å²) in [5.41, 5.74) is -1.31. The Bertz CT molecular complexity index is 228. The Morgan fingerprint density at radius 2 is 1.58 bits per heavy atom. The van der Waals surface area contributed by atoms with Crippen molar-refractivity contribution in [1.29, 1.82) is 0 Å². The molecule has 2 N–H and O–H groups in total. The third kappa shape index (κ3) is 2.69. The number of aliphatic carboxylic acids is 2. The molecule has 68 valence electrons. The molecule has 0 aliphatic carbocycles. The summed E-state index contributed by atoms with van der Waals surface area (Å²) in [7, 11) is 0. The van der Waals surface area contributed by atoms with Crippen molar-refractivity contribution in [3.8, 4) is 0 Å². The molecular formula is C7H10O5. The Kier molecular flexibility index (Phi) is 2.95. The van der Waals surface area contributed by atoms with Gasteiger partial charge in [-0.2, -0.15) is 0 Å². The fourth-order valence-corrected chi connectivity index (χ4v) is 0.553. The second-order valence-electron chi connectivity index (χ2n) is 3.09. The molecule has 0 rings (SSSR count). The number of carbonyl (C=O) groups is 3. The standard InChI is InChI=1S/C7H10O5/c1-7(2,6(11)12)3-4(8)5(9)10/h3H2,1-2H3,(H,9,10)(H,11,12). The molecular weight excluding hydrogens is 164 g/mol. The van der Waals surface area contributed by atoms with Gasteiger partial charge in [0.2, 0.25) is 5.78 Å². The maximum atomic E-state index is 10.6. The van der Waals surface area contributed by atoms with Crippen molar-refractivity contribution in [2.45, 2.75) is 20.3 Å². The quantitative estimate of drug-likeness (QED) is 0.591. The van der Waals surface area contributed by atoms with Crippen LogP contribution < -0.4 is 0 Å². The van der Waals surface area contributed by atoms with Gasteiger partial charge < -0.3 is 10.2 Å². The van der Waals surface area contributed by atoms with Crippen molar-refractivity contribution in [3.63, 3.8) is 0 Å². The molecule has 0 radical (unpaired) electrons. The lowest BCUT2D eigenvalue weighted by atomic mass is 9.87. The van der Waals surface area contributed by atoms with Crippen molar-refractivity contribution in [2.24, 2.45) is 5.41 Å². The van der Waals surface area contributed by atoms with Crippen LogP contribution in [-0.4, -0.2) is 27.9 Å². The summed E-state index contributed by atoms with van der Waals surface area (Å²) >= 11 is 0. The molecule has 0 spiro atoms. The molecule has 0 heterocycles. The number of Topliss-reactive ketones (excluding diaryl/α,β-unsaturated/α-hetero) is 1. The monoisotopic (exact) mass is 174 g/mol. The molecule has 0 unspecified atom stereocenters. The lowest BCUT2D eigenvalue weighted by molar-refractivity contribution is -0.154. The molecule has 0 aliphatic heterocycles. The first-order valence-corrected chi connectivity index (χ1v) is 3.27. The molecule has 0 saturated carbocycles. The van der Waals surface area contributed by atoms with Crippen LogP contribution in [0.25, 0.3) is 0 Å². The molecule has 0 bridgehead atoms. The Hall–Kier alpha value is -1.39. The van der Waals surface area contributed by atoms with Gasteiger partial charge in [0.25, 0.3) is 0 Å². The summed E-state index contributed by atoms with van der Waals surface area (Å²) in [6.07, 6.45) is -0.488. The fraction of sp³-hybridized carbons (Fsp3) is 0.571. The summed E-state index contributed by atoms with van der Waals surface area (Å²) < 4.78 is 0. The van der Waals surface area contributed by atoms with Gasteiger partial charge in [-0.25, -0.2) is 4.79 Å². The van der Waals surface area contributed by atoms with Crippen LogP contribution in [0.4, 0.5) is 0 Å². The highest BCUT2D eigenvalue weighted by Crippen LogP contribution is 2.20. The second-order valence-corrected chi connectivity index (χ2v) is 3.09. The lowest BCUT2D eigenvalue weighted by Crippen LogP contribution is -2.29. The predicted molar refractivity (Wildman–Crippen MR) is 38.7 cm³/mol. The summed E-state index contributed by atoms with van der Waals surface area (Å²) in [5.74, 6) is -3.86. The van der Waals surface area contributed by atoms with E-state index in [4.69, 9.17) is 10.2 Å². The average molecular weight is 174 g/mol. The second kappa shape index (κ2) is 3.34. The maximum absolute atomic E-state index is 10.6. The van der Waals surface area contributed by atoms with E-state index in [1.165, 1.54) is 13.8 Å². The number of carboxylic acids is 2. The van der Waals surface area contributed by atoms with Crippen LogP contribution >= 0.6 is 0 Å². The van der Waals surface area contributed by atoms with E-state index in [2.05, 4.69) is 0 Å². The SMILES string of the molecule is CC(C)(CC(=O)C(=O)O)C(=O)O. The number of carboxylic acid groups (broad SMARTS) is 2. The van der Waals surface area contributed by atoms with E-state index in [0.717, 1.165) is 0 Å². The van der Waals surface area contributed by atoms with Crippen molar-refractivity contribution in [3.05, 3.63) is 0 Å². The van der Waals surface area contributed by atoms with Crippen LogP contribution in [0.1, 0.15) is 20.3 Å². The molecule has 5 nitrogen and oxygen atoms in total. The minimum absolute atomic E-state index is 0.488. The van der Waals surface area contributed by atoms with Crippen LogP contribution in [0.2, 0.25) is 0 Å². The van der Waals surface area contributed by atoms with Gasteiger partial charge in [0.05, 0.1) is 5.41 Å². The summed E-state index contributed by atoms with van der Waals surface area (Å²) in [6.45, 7) is 2.60. The van der Waals surface area contributed by atoms with Gasteiger partial charge in [-0.1, -0.05) is 0 Å². The number of carbonyl (C=O) groups excluding carboxylic acids is 1. The zero-order valence-corrected chi connectivity index (χ0v) is 6.83. The summed E-state index contributed by atoms with van der Waals surface area (Å²) in [6, 6.07) is 0. The van der Waals surface area contributed by atoms with Crippen LogP contribution in [0.15, 0.2) is 0 Å². The molecule has 0 aromatic heterocycles. The fourth-order valence-electron chi connectivity index (χ4n) is 0.553. The van der Waals surface area contributed by atoms with Gasteiger partial charge in [-0.15, -0.1) is 0 Å². The van der Waals surface area contributed by atoms with Crippen molar-refractivity contribution < 1.29 is 24.6 Å². The average Bonchev–Trinajstić information content (AvgIpc) is 1.85. The predicted octanol–water partition coefficient (Wildman–Crippen LogP) is 0.141. The highest BCUT2D eigenvalue weighted by Gasteiger charge is 2.32. The summed E-state index contributed by atoms with van der Waals surface area (Å²) in [5, 5.41) is 16.7. The van der Waals surface area contributed by atoms with E-state index in [-0.39, 0.29) is 0 Å². The number of ketones is 1. The smallest absolute Gasteiger partial charge is 0.372 e. The normalized spacial score (nSPS) is 10.8. The van der Waals surface area contributed by atoms with Crippen LogP contribution in [0, 0.1) is 5.41 Å². The lowest BCUT2D eigenvalue weighted by Gasteiger charge is -2.15. The van der Waals surface area contributed by atoms with Gasteiger partial charge in [0.1, 0.15) is 0 Å². The van der Waals surface area contributed by atoms with Crippen LogP contribution in [0.5, 0.6) is 0 Å². The first kappa shape index (κ1) is 10.6. The third-order valence-electron chi connectivity index (χ3n) is 1.42.